The summed E-state index contributed by atoms with van der Waals surface area (Å²) in [7, 11) is 0. The Balaban J connectivity index is 1.86. The zero-order chi connectivity index (χ0) is 15.7. The minimum Gasteiger partial charge on any atom is -0.335 e. The number of nitrogens with zero attached hydrogens (tertiary/aromatic N) is 1. The third-order valence-electron chi connectivity index (χ3n) is 4.06. The molecule has 0 aliphatic heterocycles. The lowest BCUT2D eigenvalue weighted by Gasteiger charge is -2.13. The minimum absolute atomic E-state index is 0.00172. The molecule has 3 rings (SSSR count). The largest absolute Gasteiger partial charge is 0.335 e. The monoisotopic (exact) mass is 292 g/mol. The van der Waals surface area contributed by atoms with Crippen molar-refractivity contribution in [2.45, 2.75) is 27.3 Å². The average Bonchev–Trinajstić information content (AvgIpc) is 2.79. The Morgan fingerprint density at radius 1 is 1.00 bits per heavy atom. The number of aryl methyl sites for hydroxylation is 3. The average molecular weight is 292 g/mol. The van der Waals surface area contributed by atoms with Gasteiger partial charge in [0.15, 0.2) is 0 Å². The molecule has 1 amide bonds. The minimum atomic E-state index is 0.00172. The van der Waals surface area contributed by atoms with E-state index in [0.717, 1.165) is 28.0 Å². The van der Waals surface area contributed by atoms with E-state index in [1.807, 2.05) is 51.1 Å². The molecule has 0 unspecified atom stereocenters. The van der Waals surface area contributed by atoms with E-state index < -0.39 is 0 Å². The summed E-state index contributed by atoms with van der Waals surface area (Å²) in [4.78, 5) is 12.4. The fourth-order valence-electron chi connectivity index (χ4n) is 2.89. The van der Waals surface area contributed by atoms with Crippen LogP contribution in [0.15, 0.2) is 48.5 Å². The molecule has 0 bridgehead atoms. The van der Waals surface area contributed by atoms with Crippen LogP contribution in [-0.4, -0.2) is 10.5 Å². The van der Waals surface area contributed by atoms with Crippen molar-refractivity contribution in [1.82, 2.24) is 4.57 Å². The Labute approximate surface area is 130 Å². The highest BCUT2D eigenvalue weighted by molar-refractivity contribution is 5.93. The van der Waals surface area contributed by atoms with Gasteiger partial charge in [-0.05, 0) is 49.4 Å². The Kier molecular flexibility index (Phi) is 3.72. The van der Waals surface area contributed by atoms with E-state index in [2.05, 4.69) is 28.1 Å². The molecule has 0 aliphatic carbocycles. The first kappa shape index (κ1) is 14.4. The summed E-state index contributed by atoms with van der Waals surface area (Å²) < 4.78 is 2.05. The quantitative estimate of drug-likeness (QED) is 0.771. The number of anilines is 1. The van der Waals surface area contributed by atoms with E-state index in [-0.39, 0.29) is 5.91 Å². The lowest BCUT2D eigenvalue weighted by Crippen LogP contribution is -2.20. The number of hydrogen-bond acceptors (Lipinski definition) is 1. The van der Waals surface area contributed by atoms with Gasteiger partial charge in [-0.25, -0.2) is 0 Å². The lowest BCUT2D eigenvalue weighted by molar-refractivity contribution is -0.116. The van der Waals surface area contributed by atoms with Crippen LogP contribution < -0.4 is 5.32 Å². The molecule has 3 heteroatoms. The summed E-state index contributed by atoms with van der Waals surface area (Å²) in [6.07, 6.45) is 0. The first-order valence-electron chi connectivity index (χ1n) is 7.47. The summed E-state index contributed by atoms with van der Waals surface area (Å²) in [5.41, 5.74) is 5.28. The van der Waals surface area contributed by atoms with Crippen LogP contribution in [0.25, 0.3) is 10.9 Å². The topological polar surface area (TPSA) is 34.0 Å². The molecule has 0 saturated heterocycles. The van der Waals surface area contributed by atoms with Gasteiger partial charge >= 0.3 is 0 Å². The molecule has 0 radical (unpaired) electrons. The highest BCUT2D eigenvalue weighted by Crippen LogP contribution is 2.21. The van der Waals surface area contributed by atoms with E-state index in [0.29, 0.717) is 6.54 Å². The van der Waals surface area contributed by atoms with Gasteiger partial charge in [0.25, 0.3) is 0 Å². The number of nitrogens with one attached hydrogen (secondary N) is 1. The zero-order valence-electron chi connectivity index (χ0n) is 13.2. The Morgan fingerprint density at radius 3 is 2.41 bits per heavy atom. The molecule has 112 valence electrons. The first-order chi connectivity index (χ1) is 10.6. The number of rotatable bonds is 3. The molecule has 0 saturated carbocycles. The maximum Gasteiger partial charge on any atom is 0.244 e. The molecule has 1 aromatic heterocycles. The van der Waals surface area contributed by atoms with Crippen LogP contribution >= 0.6 is 0 Å². The summed E-state index contributed by atoms with van der Waals surface area (Å²) in [6, 6.07) is 16.3. The van der Waals surface area contributed by atoms with Gasteiger partial charge in [-0.1, -0.05) is 36.4 Å². The van der Waals surface area contributed by atoms with Crippen LogP contribution in [0.5, 0.6) is 0 Å². The molecule has 3 aromatic rings. The van der Waals surface area contributed by atoms with Crippen molar-refractivity contribution in [1.29, 1.82) is 0 Å². The number of aromatic nitrogens is 1. The molecular formula is C19H20N2O. The Morgan fingerprint density at radius 2 is 1.68 bits per heavy atom. The molecule has 1 N–H and O–H groups in total. The van der Waals surface area contributed by atoms with Crippen molar-refractivity contribution in [3.8, 4) is 0 Å². The van der Waals surface area contributed by atoms with Gasteiger partial charge in [0.2, 0.25) is 5.91 Å². The molecule has 2 aromatic carbocycles. The van der Waals surface area contributed by atoms with E-state index in [9.17, 15) is 4.79 Å². The SMILES string of the molecule is Cc1cccc(C)c1NC(=O)Cn1c(C)cc2ccccc21. The van der Waals surface area contributed by atoms with Gasteiger partial charge in [-0.2, -0.15) is 0 Å². The van der Waals surface area contributed by atoms with Gasteiger partial charge in [0, 0.05) is 16.9 Å². The summed E-state index contributed by atoms with van der Waals surface area (Å²) in [5.74, 6) is 0.00172. The number of benzene rings is 2. The van der Waals surface area contributed by atoms with Gasteiger partial charge in [-0.3, -0.25) is 4.79 Å². The molecule has 0 aliphatic rings. The van der Waals surface area contributed by atoms with Crippen LogP contribution in [-0.2, 0) is 11.3 Å². The summed E-state index contributed by atoms with van der Waals surface area (Å²) in [5, 5.41) is 4.22. The van der Waals surface area contributed by atoms with E-state index in [1.165, 1.54) is 5.39 Å². The van der Waals surface area contributed by atoms with Gasteiger partial charge in [-0.15, -0.1) is 0 Å². The number of fused-ring (bicyclic) bond motifs is 1. The van der Waals surface area contributed by atoms with Crippen molar-refractivity contribution in [2.75, 3.05) is 5.32 Å². The summed E-state index contributed by atoms with van der Waals surface area (Å²) in [6.45, 7) is 6.39. The Hall–Kier alpha value is -2.55. The van der Waals surface area contributed by atoms with Crippen molar-refractivity contribution < 1.29 is 4.79 Å². The molecule has 22 heavy (non-hydrogen) atoms. The second-order valence-corrected chi connectivity index (χ2v) is 5.75. The fourth-order valence-corrected chi connectivity index (χ4v) is 2.89. The first-order valence-corrected chi connectivity index (χ1v) is 7.47. The van der Waals surface area contributed by atoms with Crippen LogP contribution in [0.3, 0.4) is 0 Å². The van der Waals surface area contributed by atoms with Gasteiger partial charge < -0.3 is 9.88 Å². The van der Waals surface area contributed by atoms with Crippen molar-refractivity contribution in [3.63, 3.8) is 0 Å². The van der Waals surface area contributed by atoms with Crippen LogP contribution in [0.1, 0.15) is 16.8 Å². The fraction of sp³-hybridized carbons (Fsp3) is 0.211. The van der Waals surface area contributed by atoms with Crippen LogP contribution in [0, 0.1) is 20.8 Å². The maximum atomic E-state index is 12.4. The number of carbonyl (C=O) groups is 1. The summed E-state index contributed by atoms with van der Waals surface area (Å²) >= 11 is 0. The third-order valence-corrected chi connectivity index (χ3v) is 4.06. The van der Waals surface area contributed by atoms with Gasteiger partial charge in [0.05, 0.1) is 0 Å². The maximum absolute atomic E-state index is 12.4. The standard InChI is InChI=1S/C19H20N2O/c1-13-7-6-8-14(2)19(13)20-18(22)12-21-15(3)11-16-9-4-5-10-17(16)21/h4-11H,12H2,1-3H3,(H,20,22). The zero-order valence-corrected chi connectivity index (χ0v) is 13.2. The number of para-hydroxylation sites is 2. The highest BCUT2D eigenvalue weighted by Gasteiger charge is 2.11. The molecule has 1 heterocycles. The lowest BCUT2D eigenvalue weighted by atomic mass is 10.1. The number of amides is 1. The van der Waals surface area contributed by atoms with Crippen LogP contribution in [0.2, 0.25) is 0 Å². The number of hydrogen-bond donors (Lipinski definition) is 1. The normalized spacial score (nSPS) is 10.9. The molecule has 0 fully saturated rings. The van der Waals surface area contributed by atoms with E-state index in [4.69, 9.17) is 0 Å². The second-order valence-electron chi connectivity index (χ2n) is 5.75. The molecular weight excluding hydrogens is 272 g/mol. The molecule has 3 nitrogen and oxygen atoms in total. The van der Waals surface area contributed by atoms with Gasteiger partial charge in [0.1, 0.15) is 6.54 Å². The Bertz CT molecular complexity index is 826. The molecule has 0 atom stereocenters. The third kappa shape index (κ3) is 2.62. The van der Waals surface area contributed by atoms with Crippen molar-refractivity contribution in [3.05, 3.63) is 65.4 Å². The molecule has 0 spiro atoms. The van der Waals surface area contributed by atoms with E-state index >= 15 is 0 Å². The van der Waals surface area contributed by atoms with Crippen molar-refractivity contribution >= 4 is 22.5 Å². The smallest absolute Gasteiger partial charge is 0.244 e. The predicted octanol–water partition coefficient (Wildman–Crippen LogP) is 4.21. The second kappa shape index (κ2) is 5.68. The number of carbonyl (C=O) groups excluding carboxylic acids is 1. The highest BCUT2D eigenvalue weighted by atomic mass is 16.1. The predicted molar refractivity (Wildman–Crippen MR) is 91.2 cm³/mol. The van der Waals surface area contributed by atoms with Crippen molar-refractivity contribution in [2.24, 2.45) is 0 Å². The van der Waals surface area contributed by atoms with E-state index in [1.54, 1.807) is 0 Å². The van der Waals surface area contributed by atoms with Crippen LogP contribution in [0.4, 0.5) is 5.69 Å².